The molecule has 0 aliphatic heterocycles. The van der Waals surface area contributed by atoms with Crippen molar-refractivity contribution in [1.82, 2.24) is 10.2 Å². The predicted molar refractivity (Wildman–Crippen MR) is 75.3 cm³/mol. The number of benzene rings is 1. The molecule has 0 heterocycles. The summed E-state index contributed by atoms with van der Waals surface area (Å²) in [4.78, 5) is 13.6. The summed E-state index contributed by atoms with van der Waals surface area (Å²) in [7, 11) is 1.94. The number of nitrogens with zero attached hydrogens (tertiary/aromatic N) is 1. The molecule has 1 fully saturated rings. The van der Waals surface area contributed by atoms with Gasteiger partial charge in [0.25, 0.3) is 0 Å². The van der Waals surface area contributed by atoms with Gasteiger partial charge >= 0.3 is 0 Å². The van der Waals surface area contributed by atoms with Crippen LogP contribution in [0.2, 0.25) is 0 Å². The molecule has 0 spiro atoms. The predicted octanol–water partition coefficient (Wildman–Crippen LogP) is 1.58. The van der Waals surface area contributed by atoms with Gasteiger partial charge in [-0.25, -0.2) is 0 Å². The molecular weight excluding hydrogens is 240 g/mol. The molecule has 1 aliphatic rings. The molecule has 1 aliphatic carbocycles. The highest BCUT2D eigenvalue weighted by atomic mass is 16.5. The van der Waals surface area contributed by atoms with Gasteiger partial charge in [0.2, 0.25) is 5.91 Å². The lowest BCUT2D eigenvalue weighted by molar-refractivity contribution is -0.122. The number of hydrogen-bond acceptors (Lipinski definition) is 3. The minimum absolute atomic E-state index is 0.112. The molecule has 2 rings (SSSR count). The number of amides is 1. The smallest absolute Gasteiger partial charge is 0.234 e. The van der Waals surface area contributed by atoms with Crippen LogP contribution >= 0.6 is 0 Å². The maximum absolute atomic E-state index is 11.6. The van der Waals surface area contributed by atoms with Crippen molar-refractivity contribution in [2.75, 3.05) is 26.7 Å². The Morgan fingerprint density at radius 1 is 1.42 bits per heavy atom. The number of likely N-dealkylation sites (N-methyl/N-ethyl adjacent to an activating group) is 1. The normalized spacial score (nSPS) is 14.5. The van der Waals surface area contributed by atoms with E-state index in [2.05, 4.69) is 5.32 Å². The summed E-state index contributed by atoms with van der Waals surface area (Å²) >= 11 is 0. The second-order valence-corrected chi connectivity index (χ2v) is 5.19. The van der Waals surface area contributed by atoms with Crippen molar-refractivity contribution in [3.63, 3.8) is 0 Å². The number of ether oxygens (including phenoxy) is 1. The summed E-state index contributed by atoms with van der Waals surface area (Å²) in [6.45, 7) is 3.81. The maximum Gasteiger partial charge on any atom is 0.234 e. The lowest BCUT2D eigenvalue weighted by Crippen LogP contribution is -2.37. The number of carbonyl (C=O) groups excluding carboxylic acids is 1. The highest BCUT2D eigenvalue weighted by Crippen LogP contribution is 2.18. The van der Waals surface area contributed by atoms with Crippen molar-refractivity contribution in [3.8, 4) is 5.75 Å². The van der Waals surface area contributed by atoms with Gasteiger partial charge in [0.15, 0.2) is 0 Å². The Morgan fingerprint density at radius 3 is 2.84 bits per heavy atom. The van der Waals surface area contributed by atoms with Gasteiger partial charge in [0, 0.05) is 12.6 Å². The SMILES string of the molecule is Cc1ccccc1OCCN(C)CC(=O)NC1CC1. The lowest BCUT2D eigenvalue weighted by atomic mass is 10.2. The Morgan fingerprint density at radius 2 is 2.16 bits per heavy atom. The lowest BCUT2D eigenvalue weighted by Gasteiger charge is -2.17. The van der Waals surface area contributed by atoms with Crippen molar-refractivity contribution in [1.29, 1.82) is 0 Å². The molecule has 0 unspecified atom stereocenters. The van der Waals surface area contributed by atoms with Crippen LogP contribution < -0.4 is 10.1 Å². The monoisotopic (exact) mass is 262 g/mol. The third kappa shape index (κ3) is 4.91. The van der Waals surface area contributed by atoms with E-state index in [1.54, 1.807) is 0 Å². The topological polar surface area (TPSA) is 41.6 Å². The molecule has 0 atom stereocenters. The summed E-state index contributed by atoms with van der Waals surface area (Å²) in [5.74, 6) is 1.03. The highest BCUT2D eigenvalue weighted by molar-refractivity contribution is 5.78. The van der Waals surface area contributed by atoms with Crippen LogP contribution in [0.1, 0.15) is 18.4 Å². The largest absolute Gasteiger partial charge is 0.492 e. The molecule has 1 saturated carbocycles. The first-order valence-corrected chi connectivity index (χ1v) is 6.81. The molecule has 1 aromatic rings. The molecular formula is C15H22N2O2. The van der Waals surface area contributed by atoms with Crippen molar-refractivity contribution in [2.45, 2.75) is 25.8 Å². The van der Waals surface area contributed by atoms with Crippen LogP contribution in [0, 0.1) is 6.92 Å². The van der Waals surface area contributed by atoms with Crippen LogP contribution in [0.4, 0.5) is 0 Å². The summed E-state index contributed by atoms with van der Waals surface area (Å²) in [6, 6.07) is 8.40. The highest BCUT2D eigenvalue weighted by Gasteiger charge is 2.23. The van der Waals surface area contributed by atoms with E-state index in [4.69, 9.17) is 4.74 Å². The van der Waals surface area contributed by atoms with Gasteiger partial charge in [-0.05, 0) is 38.4 Å². The van der Waals surface area contributed by atoms with Gasteiger partial charge in [-0.2, -0.15) is 0 Å². The minimum Gasteiger partial charge on any atom is -0.492 e. The van der Waals surface area contributed by atoms with Crippen molar-refractivity contribution in [2.24, 2.45) is 0 Å². The average Bonchev–Trinajstić information content (AvgIpc) is 3.15. The van der Waals surface area contributed by atoms with Crippen LogP contribution in [-0.2, 0) is 4.79 Å². The molecule has 0 bridgehead atoms. The van der Waals surface area contributed by atoms with E-state index < -0.39 is 0 Å². The van der Waals surface area contributed by atoms with E-state index in [1.165, 1.54) is 0 Å². The molecule has 4 nitrogen and oxygen atoms in total. The van der Waals surface area contributed by atoms with E-state index in [9.17, 15) is 4.79 Å². The van der Waals surface area contributed by atoms with E-state index in [0.29, 0.717) is 19.2 Å². The Hall–Kier alpha value is -1.55. The third-order valence-electron chi connectivity index (χ3n) is 3.18. The zero-order valence-corrected chi connectivity index (χ0v) is 11.7. The molecule has 0 saturated heterocycles. The first-order chi connectivity index (χ1) is 9.15. The molecule has 4 heteroatoms. The number of aryl methyl sites for hydroxylation is 1. The molecule has 0 radical (unpaired) electrons. The molecule has 19 heavy (non-hydrogen) atoms. The molecule has 1 N–H and O–H groups in total. The van der Waals surface area contributed by atoms with Gasteiger partial charge < -0.3 is 10.1 Å². The minimum atomic E-state index is 0.112. The number of para-hydroxylation sites is 1. The quantitative estimate of drug-likeness (QED) is 0.811. The van der Waals surface area contributed by atoms with Gasteiger partial charge in [-0.1, -0.05) is 18.2 Å². The molecule has 1 amide bonds. The Balaban J connectivity index is 1.64. The number of rotatable bonds is 7. The fourth-order valence-corrected chi connectivity index (χ4v) is 1.86. The van der Waals surface area contributed by atoms with Crippen LogP contribution in [0.5, 0.6) is 5.75 Å². The fraction of sp³-hybridized carbons (Fsp3) is 0.533. The number of carbonyl (C=O) groups is 1. The first-order valence-electron chi connectivity index (χ1n) is 6.81. The Labute approximate surface area is 114 Å². The van der Waals surface area contributed by atoms with Crippen molar-refractivity contribution < 1.29 is 9.53 Å². The van der Waals surface area contributed by atoms with Crippen LogP contribution in [-0.4, -0.2) is 43.6 Å². The second-order valence-electron chi connectivity index (χ2n) is 5.19. The maximum atomic E-state index is 11.6. The van der Waals surface area contributed by atoms with Crippen LogP contribution in [0.15, 0.2) is 24.3 Å². The van der Waals surface area contributed by atoms with Gasteiger partial charge in [0.1, 0.15) is 12.4 Å². The van der Waals surface area contributed by atoms with Crippen LogP contribution in [0.25, 0.3) is 0 Å². The Kier molecular flexibility index (Phi) is 4.80. The molecule has 104 valence electrons. The van der Waals surface area contributed by atoms with Crippen LogP contribution in [0.3, 0.4) is 0 Å². The third-order valence-corrected chi connectivity index (χ3v) is 3.18. The van der Waals surface area contributed by atoms with E-state index in [-0.39, 0.29) is 5.91 Å². The zero-order chi connectivity index (χ0) is 13.7. The van der Waals surface area contributed by atoms with Gasteiger partial charge in [-0.3, -0.25) is 9.69 Å². The standard InChI is InChI=1S/C15H22N2O2/c1-12-5-3-4-6-14(12)19-10-9-17(2)11-15(18)16-13-7-8-13/h3-6,13H,7-11H2,1-2H3,(H,16,18). The van der Waals surface area contributed by atoms with Crippen molar-refractivity contribution in [3.05, 3.63) is 29.8 Å². The van der Waals surface area contributed by atoms with E-state index in [1.807, 2.05) is 43.1 Å². The average molecular weight is 262 g/mol. The van der Waals surface area contributed by atoms with Gasteiger partial charge in [0.05, 0.1) is 6.54 Å². The van der Waals surface area contributed by atoms with E-state index >= 15 is 0 Å². The second kappa shape index (κ2) is 6.57. The Bertz CT molecular complexity index is 430. The number of nitrogens with one attached hydrogen (secondary N) is 1. The summed E-state index contributed by atoms with van der Waals surface area (Å²) in [5.41, 5.74) is 1.14. The van der Waals surface area contributed by atoms with Gasteiger partial charge in [-0.15, -0.1) is 0 Å². The summed E-state index contributed by atoms with van der Waals surface area (Å²) in [5, 5.41) is 2.98. The molecule has 1 aromatic carbocycles. The summed E-state index contributed by atoms with van der Waals surface area (Å²) < 4.78 is 5.71. The fourth-order valence-electron chi connectivity index (χ4n) is 1.86. The zero-order valence-electron chi connectivity index (χ0n) is 11.7. The van der Waals surface area contributed by atoms with Crippen molar-refractivity contribution >= 4 is 5.91 Å². The van der Waals surface area contributed by atoms with E-state index in [0.717, 1.165) is 30.7 Å². The first kappa shape index (κ1) is 13.9. The summed E-state index contributed by atoms with van der Waals surface area (Å²) in [6.07, 6.45) is 2.26. The number of hydrogen-bond donors (Lipinski definition) is 1. The molecule has 0 aromatic heterocycles.